The molecule has 0 saturated carbocycles. The number of hydrogen-bond acceptors (Lipinski definition) is 2. The summed E-state index contributed by atoms with van der Waals surface area (Å²) in [4.78, 5) is 22.2. The number of hydrogen-bond donors (Lipinski definition) is 3. The van der Waals surface area contributed by atoms with Crippen molar-refractivity contribution in [2.45, 2.75) is 33.1 Å². The van der Waals surface area contributed by atoms with Crippen LogP contribution >= 0.6 is 0 Å². The second-order valence-corrected chi connectivity index (χ2v) is 5.70. The number of anilines is 1. The fraction of sp³-hybridized carbons (Fsp3) is 0.467. The highest BCUT2D eigenvalue weighted by Gasteiger charge is 2.19. The molecule has 0 heterocycles. The highest BCUT2D eigenvalue weighted by atomic mass is 19.1. The maximum Gasteiger partial charge on any atom is 0.319 e. The van der Waals surface area contributed by atoms with Gasteiger partial charge in [-0.05, 0) is 42.5 Å². The van der Waals surface area contributed by atoms with E-state index >= 15 is 0 Å². The summed E-state index contributed by atoms with van der Waals surface area (Å²) in [5, 5.41) is 14.0. The van der Waals surface area contributed by atoms with Crippen LogP contribution in [0.25, 0.3) is 0 Å². The van der Waals surface area contributed by atoms with E-state index in [1.165, 1.54) is 24.3 Å². The Hall–Kier alpha value is -2.11. The Balaban J connectivity index is 2.29. The van der Waals surface area contributed by atoms with Gasteiger partial charge >= 0.3 is 12.0 Å². The molecule has 1 aromatic rings. The van der Waals surface area contributed by atoms with E-state index in [2.05, 4.69) is 10.6 Å². The van der Waals surface area contributed by atoms with E-state index in [0.29, 0.717) is 25.1 Å². The van der Waals surface area contributed by atoms with Crippen molar-refractivity contribution in [3.05, 3.63) is 30.1 Å². The maximum atomic E-state index is 12.7. The molecular weight excluding hydrogens is 275 g/mol. The first kappa shape index (κ1) is 16.9. The van der Waals surface area contributed by atoms with E-state index in [1.54, 1.807) is 0 Å². The number of carboxylic acid groups (broad SMARTS) is 1. The molecule has 1 aromatic carbocycles. The molecule has 5 nitrogen and oxygen atoms in total. The highest BCUT2D eigenvalue weighted by molar-refractivity contribution is 5.89. The fourth-order valence-electron chi connectivity index (χ4n) is 1.79. The minimum atomic E-state index is -0.815. The van der Waals surface area contributed by atoms with Gasteiger partial charge in [0.05, 0.1) is 0 Å². The Morgan fingerprint density at radius 1 is 1.19 bits per heavy atom. The standard InChI is InChI=1S/C15H21FN2O3/c1-15(2,8-7-13(19)20)9-10-17-14(21)18-12-5-3-11(16)4-6-12/h3-6H,7-10H2,1-2H3,(H,19,20)(H2,17,18,21). The number of benzene rings is 1. The molecule has 2 amide bonds. The van der Waals surface area contributed by atoms with Gasteiger partial charge in [-0.15, -0.1) is 0 Å². The van der Waals surface area contributed by atoms with Crippen molar-refractivity contribution in [1.82, 2.24) is 5.32 Å². The highest BCUT2D eigenvalue weighted by Crippen LogP contribution is 2.25. The summed E-state index contributed by atoms with van der Waals surface area (Å²) in [6.07, 6.45) is 1.36. The third kappa shape index (κ3) is 7.29. The van der Waals surface area contributed by atoms with Crippen molar-refractivity contribution in [3.63, 3.8) is 0 Å². The van der Waals surface area contributed by atoms with Gasteiger partial charge in [0, 0.05) is 18.7 Å². The van der Waals surface area contributed by atoms with Gasteiger partial charge in [0.1, 0.15) is 5.82 Å². The lowest BCUT2D eigenvalue weighted by atomic mass is 9.84. The van der Waals surface area contributed by atoms with Crippen molar-refractivity contribution in [1.29, 1.82) is 0 Å². The lowest BCUT2D eigenvalue weighted by molar-refractivity contribution is -0.137. The Kier molecular flexibility index (Phi) is 6.14. The molecule has 0 aliphatic heterocycles. The molecule has 0 aliphatic carbocycles. The Bertz CT molecular complexity index is 486. The second-order valence-electron chi connectivity index (χ2n) is 5.70. The molecule has 3 N–H and O–H groups in total. The largest absolute Gasteiger partial charge is 0.481 e. The van der Waals surface area contributed by atoms with E-state index in [-0.39, 0.29) is 23.7 Å². The van der Waals surface area contributed by atoms with Crippen LogP contribution in [0.2, 0.25) is 0 Å². The van der Waals surface area contributed by atoms with Crippen molar-refractivity contribution >= 4 is 17.7 Å². The summed E-state index contributed by atoms with van der Waals surface area (Å²) >= 11 is 0. The summed E-state index contributed by atoms with van der Waals surface area (Å²) in [5.74, 6) is -1.17. The molecular formula is C15H21FN2O3. The number of amides is 2. The van der Waals surface area contributed by atoms with Crippen molar-refractivity contribution < 1.29 is 19.1 Å². The number of carbonyl (C=O) groups excluding carboxylic acids is 1. The summed E-state index contributed by atoms with van der Waals surface area (Å²) in [6, 6.07) is 5.13. The van der Waals surface area contributed by atoms with E-state index in [1.807, 2.05) is 13.8 Å². The number of nitrogens with one attached hydrogen (secondary N) is 2. The molecule has 0 atom stereocenters. The zero-order valence-electron chi connectivity index (χ0n) is 12.3. The predicted molar refractivity (Wildman–Crippen MR) is 78.7 cm³/mol. The van der Waals surface area contributed by atoms with Crippen LogP contribution in [0.4, 0.5) is 14.9 Å². The molecule has 0 radical (unpaired) electrons. The Morgan fingerprint density at radius 3 is 2.38 bits per heavy atom. The predicted octanol–water partition coefficient (Wildman–Crippen LogP) is 3.23. The summed E-state index contributed by atoms with van der Waals surface area (Å²) in [5.41, 5.74) is 0.362. The van der Waals surface area contributed by atoms with Crippen molar-refractivity contribution in [2.75, 3.05) is 11.9 Å². The Labute approximate surface area is 123 Å². The van der Waals surface area contributed by atoms with Crippen molar-refractivity contribution in [2.24, 2.45) is 5.41 Å². The SMILES string of the molecule is CC(C)(CCNC(=O)Nc1ccc(F)cc1)CCC(=O)O. The number of carboxylic acids is 1. The first-order chi connectivity index (χ1) is 9.78. The summed E-state index contributed by atoms with van der Waals surface area (Å²) in [7, 11) is 0. The average molecular weight is 296 g/mol. The molecule has 0 bridgehead atoms. The zero-order valence-corrected chi connectivity index (χ0v) is 12.3. The number of halogens is 1. The number of rotatable bonds is 7. The van der Waals surface area contributed by atoms with Crippen LogP contribution < -0.4 is 10.6 Å². The summed E-state index contributed by atoms with van der Waals surface area (Å²) < 4.78 is 12.7. The monoisotopic (exact) mass is 296 g/mol. The summed E-state index contributed by atoms with van der Waals surface area (Å²) in [6.45, 7) is 4.38. The van der Waals surface area contributed by atoms with Gasteiger partial charge in [-0.3, -0.25) is 4.79 Å². The van der Waals surface area contributed by atoms with E-state index in [4.69, 9.17) is 5.11 Å². The van der Waals surface area contributed by atoms with Gasteiger partial charge in [-0.1, -0.05) is 13.8 Å². The first-order valence-electron chi connectivity index (χ1n) is 6.81. The van der Waals surface area contributed by atoms with Crippen LogP contribution in [0.1, 0.15) is 33.1 Å². The molecule has 116 valence electrons. The normalized spacial score (nSPS) is 11.0. The minimum Gasteiger partial charge on any atom is -0.481 e. The van der Waals surface area contributed by atoms with Crippen molar-refractivity contribution in [3.8, 4) is 0 Å². The van der Waals surface area contributed by atoms with Gasteiger partial charge in [0.2, 0.25) is 0 Å². The van der Waals surface area contributed by atoms with Gasteiger partial charge in [0.25, 0.3) is 0 Å². The molecule has 0 spiro atoms. The van der Waals surface area contributed by atoms with E-state index in [9.17, 15) is 14.0 Å². The Morgan fingerprint density at radius 2 is 1.81 bits per heavy atom. The maximum absolute atomic E-state index is 12.7. The van der Waals surface area contributed by atoms with E-state index < -0.39 is 5.97 Å². The molecule has 6 heteroatoms. The first-order valence-corrected chi connectivity index (χ1v) is 6.81. The van der Waals surface area contributed by atoms with Gasteiger partial charge in [-0.25, -0.2) is 9.18 Å². The second kappa shape index (κ2) is 7.61. The van der Waals surface area contributed by atoms with Gasteiger partial charge < -0.3 is 15.7 Å². The van der Waals surface area contributed by atoms with Crippen LogP contribution in [0.5, 0.6) is 0 Å². The number of urea groups is 1. The molecule has 1 rings (SSSR count). The number of carbonyl (C=O) groups is 2. The van der Waals surface area contributed by atoms with Crippen LogP contribution in [0.3, 0.4) is 0 Å². The fourth-order valence-corrected chi connectivity index (χ4v) is 1.79. The minimum absolute atomic E-state index is 0.120. The lowest BCUT2D eigenvalue weighted by Gasteiger charge is -2.23. The molecule has 0 fully saturated rings. The van der Waals surface area contributed by atoms with Crippen LogP contribution in [-0.2, 0) is 4.79 Å². The molecule has 0 unspecified atom stereocenters. The lowest BCUT2D eigenvalue weighted by Crippen LogP contribution is -2.32. The number of aliphatic carboxylic acids is 1. The van der Waals surface area contributed by atoms with Gasteiger partial charge in [0.15, 0.2) is 0 Å². The third-order valence-electron chi connectivity index (χ3n) is 3.21. The van der Waals surface area contributed by atoms with Crippen LogP contribution in [0, 0.1) is 11.2 Å². The zero-order chi connectivity index (χ0) is 15.9. The van der Waals surface area contributed by atoms with E-state index in [0.717, 1.165) is 0 Å². The smallest absolute Gasteiger partial charge is 0.319 e. The average Bonchev–Trinajstić information content (AvgIpc) is 2.39. The van der Waals surface area contributed by atoms with Gasteiger partial charge in [-0.2, -0.15) is 0 Å². The molecule has 21 heavy (non-hydrogen) atoms. The van der Waals surface area contributed by atoms with Crippen LogP contribution in [-0.4, -0.2) is 23.7 Å². The van der Waals surface area contributed by atoms with Crippen LogP contribution in [0.15, 0.2) is 24.3 Å². The molecule has 0 aromatic heterocycles. The topological polar surface area (TPSA) is 78.4 Å². The molecule has 0 saturated heterocycles. The third-order valence-corrected chi connectivity index (χ3v) is 3.21. The molecule has 0 aliphatic rings. The quantitative estimate of drug-likeness (QED) is 0.723.